The van der Waals surface area contributed by atoms with Crippen molar-refractivity contribution in [3.05, 3.63) is 52.5 Å². The maximum atomic E-state index is 11.7. The Labute approximate surface area is 108 Å². The third kappa shape index (κ3) is 2.94. The van der Waals surface area contributed by atoms with E-state index < -0.39 is 0 Å². The molecule has 1 aromatic carbocycles. The number of carbonyl (C=O) groups excluding carboxylic acids is 1. The molecule has 0 aliphatic heterocycles. The molecule has 0 aliphatic carbocycles. The monoisotopic (exact) mass is 293 g/mol. The van der Waals surface area contributed by atoms with Crippen molar-refractivity contribution < 1.29 is 4.79 Å². The van der Waals surface area contributed by atoms with E-state index in [2.05, 4.69) is 26.2 Å². The fraction of sp³-hybridized carbons (Fsp3) is 0.167. The SMILES string of the molecule is Cn1cnc(C(=O)NCc2ccccc2Br)c1. The number of imidazole rings is 1. The molecule has 1 aromatic heterocycles. The van der Waals surface area contributed by atoms with Gasteiger partial charge in [0.25, 0.3) is 5.91 Å². The van der Waals surface area contributed by atoms with Gasteiger partial charge < -0.3 is 9.88 Å². The highest BCUT2D eigenvalue weighted by atomic mass is 79.9. The second-order valence-electron chi connectivity index (χ2n) is 3.70. The van der Waals surface area contributed by atoms with Crippen LogP contribution in [0.15, 0.2) is 41.3 Å². The Bertz CT molecular complexity index is 536. The summed E-state index contributed by atoms with van der Waals surface area (Å²) in [7, 11) is 1.83. The molecule has 17 heavy (non-hydrogen) atoms. The molecule has 88 valence electrons. The van der Waals surface area contributed by atoms with Crippen LogP contribution in [0.5, 0.6) is 0 Å². The molecule has 0 unspecified atom stereocenters. The van der Waals surface area contributed by atoms with E-state index in [0.717, 1.165) is 10.0 Å². The summed E-state index contributed by atoms with van der Waals surface area (Å²) in [5, 5.41) is 2.82. The average molecular weight is 294 g/mol. The first-order valence-corrected chi connectivity index (χ1v) is 5.95. The molecule has 0 atom stereocenters. The van der Waals surface area contributed by atoms with Gasteiger partial charge in [0.2, 0.25) is 0 Å². The zero-order chi connectivity index (χ0) is 12.3. The number of halogens is 1. The normalized spacial score (nSPS) is 10.2. The standard InChI is InChI=1S/C12H12BrN3O/c1-16-7-11(15-8-16)12(17)14-6-9-4-2-3-5-10(9)13/h2-5,7-8H,6H2,1H3,(H,14,17). The third-order valence-corrected chi connectivity index (χ3v) is 3.11. The summed E-state index contributed by atoms with van der Waals surface area (Å²) in [6, 6.07) is 7.78. The third-order valence-electron chi connectivity index (χ3n) is 2.33. The first-order valence-electron chi connectivity index (χ1n) is 5.16. The predicted molar refractivity (Wildman–Crippen MR) is 68.5 cm³/mol. The molecule has 2 aromatic rings. The summed E-state index contributed by atoms with van der Waals surface area (Å²) in [6.07, 6.45) is 3.29. The van der Waals surface area contributed by atoms with E-state index in [9.17, 15) is 4.79 Å². The Morgan fingerprint density at radius 3 is 2.88 bits per heavy atom. The molecular weight excluding hydrogens is 282 g/mol. The predicted octanol–water partition coefficient (Wildman–Crippen LogP) is 2.11. The fourth-order valence-electron chi connectivity index (χ4n) is 1.44. The molecule has 1 N–H and O–H groups in total. The number of hydrogen-bond donors (Lipinski definition) is 1. The number of hydrogen-bond acceptors (Lipinski definition) is 2. The molecule has 0 spiro atoms. The van der Waals surface area contributed by atoms with Crippen LogP contribution in [0.4, 0.5) is 0 Å². The van der Waals surface area contributed by atoms with Gasteiger partial charge >= 0.3 is 0 Å². The molecule has 0 bridgehead atoms. The number of aromatic nitrogens is 2. The van der Waals surface area contributed by atoms with Gasteiger partial charge in [-0.05, 0) is 11.6 Å². The lowest BCUT2D eigenvalue weighted by atomic mass is 10.2. The minimum absolute atomic E-state index is 0.165. The quantitative estimate of drug-likeness (QED) is 0.942. The molecule has 1 amide bonds. The summed E-state index contributed by atoms with van der Waals surface area (Å²) in [5.41, 5.74) is 1.47. The van der Waals surface area contributed by atoms with Crippen LogP contribution in [-0.4, -0.2) is 15.5 Å². The van der Waals surface area contributed by atoms with Gasteiger partial charge in [0, 0.05) is 24.3 Å². The van der Waals surface area contributed by atoms with Crippen LogP contribution in [0.3, 0.4) is 0 Å². The molecule has 4 nitrogen and oxygen atoms in total. The Kier molecular flexibility index (Phi) is 3.58. The second kappa shape index (κ2) is 5.14. The maximum Gasteiger partial charge on any atom is 0.271 e. The zero-order valence-corrected chi connectivity index (χ0v) is 10.9. The van der Waals surface area contributed by atoms with Crippen LogP contribution in [0.2, 0.25) is 0 Å². The molecular formula is C12H12BrN3O. The molecule has 0 radical (unpaired) electrons. The van der Waals surface area contributed by atoms with E-state index in [4.69, 9.17) is 0 Å². The van der Waals surface area contributed by atoms with E-state index in [1.165, 1.54) is 0 Å². The Hall–Kier alpha value is -1.62. The summed E-state index contributed by atoms with van der Waals surface area (Å²) < 4.78 is 2.73. The van der Waals surface area contributed by atoms with Gasteiger partial charge in [-0.3, -0.25) is 4.79 Å². The van der Waals surface area contributed by atoms with Crippen LogP contribution >= 0.6 is 15.9 Å². The summed E-state index contributed by atoms with van der Waals surface area (Å²) in [4.78, 5) is 15.7. The fourth-order valence-corrected chi connectivity index (χ4v) is 1.86. The van der Waals surface area contributed by atoms with E-state index in [-0.39, 0.29) is 5.91 Å². The van der Waals surface area contributed by atoms with Crippen molar-refractivity contribution in [1.82, 2.24) is 14.9 Å². The van der Waals surface area contributed by atoms with Crippen molar-refractivity contribution in [2.45, 2.75) is 6.54 Å². The number of aryl methyl sites for hydroxylation is 1. The summed E-state index contributed by atoms with van der Waals surface area (Å²) in [6.45, 7) is 0.483. The van der Waals surface area contributed by atoms with E-state index >= 15 is 0 Å². The number of carbonyl (C=O) groups is 1. The molecule has 2 rings (SSSR count). The average Bonchev–Trinajstić information content (AvgIpc) is 2.74. The number of amides is 1. The van der Waals surface area contributed by atoms with Crippen molar-refractivity contribution in [3.8, 4) is 0 Å². The number of nitrogens with zero attached hydrogens (tertiary/aromatic N) is 2. The molecule has 0 saturated carbocycles. The molecule has 0 fully saturated rings. The topological polar surface area (TPSA) is 46.9 Å². The number of benzene rings is 1. The van der Waals surface area contributed by atoms with E-state index in [0.29, 0.717) is 12.2 Å². The van der Waals surface area contributed by atoms with Crippen LogP contribution < -0.4 is 5.32 Å². The highest BCUT2D eigenvalue weighted by molar-refractivity contribution is 9.10. The molecule has 0 saturated heterocycles. The lowest BCUT2D eigenvalue weighted by Crippen LogP contribution is -2.23. The summed E-state index contributed by atoms with van der Waals surface area (Å²) in [5.74, 6) is -0.165. The van der Waals surface area contributed by atoms with Crippen molar-refractivity contribution in [3.63, 3.8) is 0 Å². The Morgan fingerprint density at radius 2 is 2.24 bits per heavy atom. The van der Waals surface area contributed by atoms with E-state index in [1.54, 1.807) is 17.1 Å². The molecule has 0 aliphatic rings. The van der Waals surface area contributed by atoms with E-state index in [1.807, 2.05) is 31.3 Å². The highest BCUT2D eigenvalue weighted by Crippen LogP contribution is 2.15. The van der Waals surface area contributed by atoms with Crippen molar-refractivity contribution in [1.29, 1.82) is 0 Å². The second-order valence-corrected chi connectivity index (χ2v) is 4.55. The Morgan fingerprint density at radius 1 is 1.47 bits per heavy atom. The van der Waals surface area contributed by atoms with Crippen molar-refractivity contribution in [2.24, 2.45) is 7.05 Å². The van der Waals surface area contributed by atoms with Crippen LogP contribution in [0.25, 0.3) is 0 Å². The van der Waals surface area contributed by atoms with Gasteiger partial charge in [0.15, 0.2) is 0 Å². The number of rotatable bonds is 3. The lowest BCUT2D eigenvalue weighted by molar-refractivity contribution is 0.0946. The van der Waals surface area contributed by atoms with Gasteiger partial charge in [0.1, 0.15) is 5.69 Å². The van der Waals surface area contributed by atoms with Gasteiger partial charge in [-0.2, -0.15) is 0 Å². The van der Waals surface area contributed by atoms with Gasteiger partial charge in [-0.25, -0.2) is 4.98 Å². The smallest absolute Gasteiger partial charge is 0.271 e. The van der Waals surface area contributed by atoms with Crippen molar-refractivity contribution >= 4 is 21.8 Å². The highest BCUT2D eigenvalue weighted by Gasteiger charge is 2.08. The zero-order valence-electron chi connectivity index (χ0n) is 9.35. The lowest BCUT2D eigenvalue weighted by Gasteiger charge is -2.05. The number of nitrogens with one attached hydrogen (secondary N) is 1. The van der Waals surface area contributed by atoms with Crippen LogP contribution in [0.1, 0.15) is 16.1 Å². The Balaban J connectivity index is 1.99. The van der Waals surface area contributed by atoms with Crippen LogP contribution in [-0.2, 0) is 13.6 Å². The van der Waals surface area contributed by atoms with Gasteiger partial charge in [-0.1, -0.05) is 34.1 Å². The maximum absolute atomic E-state index is 11.7. The summed E-state index contributed by atoms with van der Waals surface area (Å²) >= 11 is 3.44. The van der Waals surface area contributed by atoms with Crippen LogP contribution in [0, 0.1) is 0 Å². The minimum atomic E-state index is -0.165. The first kappa shape index (κ1) is 11.9. The first-order chi connectivity index (χ1) is 8.16. The van der Waals surface area contributed by atoms with Gasteiger partial charge in [-0.15, -0.1) is 0 Å². The van der Waals surface area contributed by atoms with Crippen molar-refractivity contribution in [2.75, 3.05) is 0 Å². The minimum Gasteiger partial charge on any atom is -0.347 e. The molecule has 5 heteroatoms. The van der Waals surface area contributed by atoms with Gasteiger partial charge in [0.05, 0.1) is 6.33 Å². The largest absolute Gasteiger partial charge is 0.347 e. The molecule has 1 heterocycles.